The van der Waals surface area contributed by atoms with Gasteiger partial charge in [-0.05, 0) is 66.4 Å². The Morgan fingerprint density at radius 1 is 0.543 bits per heavy atom. The predicted octanol–water partition coefficient (Wildman–Crippen LogP) is 5.78. The van der Waals surface area contributed by atoms with Gasteiger partial charge in [0.25, 0.3) is 0 Å². The molecule has 4 heteroatoms. The third-order valence-electron chi connectivity index (χ3n) is 6.94. The molecule has 2 aliphatic rings. The highest BCUT2D eigenvalue weighted by Gasteiger charge is 2.66. The molecule has 1 unspecified atom stereocenters. The van der Waals surface area contributed by atoms with Crippen molar-refractivity contribution in [1.29, 1.82) is 0 Å². The molecule has 0 fully saturated rings. The first-order valence-corrected chi connectivity index (χ1v) is 11.9. The van der Waals surface area contributed by atoms with Gasteiger partial charge in [0, 0.05) is 24.3 Å². The van der Waals surface area contributed by atoms with Crippen molar-refractivity contribution >= 4 is 0 Å². The van der Waals surface area contributed by atoms with E-state index in [-0.39, 0.29) is 0 Å². The number of hydrogen-bond acceptors (Lipinski definition) is 2. The van der Waals surface area contributed by atoms with Crippen LogP contribution in [0.25, 0.3) is 33.6 Å². The van der Waals surface area contributed by atoms with Gasteiger partial charge in [0.15, 0.2) is 23.9 Å². The first-order chi connectivity index (χ1) is 17.2. The standard InChI is InChI=1S/C31H24N2O2/c1-21-11-10-14-25-27-15-6-8-17-32(27)31(34-29(21)25)33-18-9-7-16-28(33)26-20-24(19-22(2)30(26)35-31)23-12-4-3-5-13-23/h3-20H,1-2H3/q+2. The van der Waals surface area contributed by atoms with E-state index in [0.29, 0.717) is 0 Å². The Balaban J connectivity index is 1.51. The van der Waals surface area contributed by atoms with Crippen LogP contribution in [0.3, 0.4) is 0 Å². The van der Waals surface area contributed by atoms with Crippen molar-refractivity contribution in [1.82, 2.24) is 0 Å². The molecule has 5 aromatic rings. The third-order valence-corrected chi connectivity index (χ3v) is 6.94. The van der Waals surface area contributed by atoms with E-state index in [4.69, 9.17) is 9.47 Å². The molecule has 0 radical (unpaired) electrons. The van der Waals surface area contributed by atoms with Crippen molar-refractivity contribution in [2.45, 2.75) is 19.9 Å². The molecule has 4 nitrogen and oxygen atoms in total. The van der Waals surface area contributed by atoms with Crippen molar-refractivity contribution in [3.8, 4) is 45.1 Å². The Morgan fingerprint density at radius 3 is 1.89 bits per heavy atom. The van der Waals surface area contributed by atoms with E-state index in [1.807, 2.05) is 30.6 Å². The fourth-order valence-electron chi connectivity index (χ4n) is 5.30. The highest BCUT2D eigenvalue weighted by molar-refractivity contribution is 5.77. The van der Waals surface area contributed by atoms with Gasteiger partial charge in [-0.3, -0.25) is 0 Å². The second kappa shape index (κ2) is 7.28. The summed E-state index contributed by atoms with van der Waals surface area (Å²) in [7, 11) is 0. The van der Waals surface area contributed by atoms with Crippen LogP contribution in [0.1, 0.15) is 11.1 Å². The molecule has 1 spiro atoms. The minimum absolute atomic E-state index is 0.829. The Morgan fingerprint density at radius 2 is 1.17 bits per heavy atom. The van der Waals surface area contributed by atoms with Gasteiger partial charge in [0.2, 0.25) is 11.4 Å². The summed E-state index contributed by atoms with van der Waals surface area (Å²) in [6, 6.07) is 32.3. The molecule has 4 heterocycles. The summed E-state index contributed by atoms with van der Waals surface area (Å²) < 4.78 is 18.0. The number of hydrogen-bond donors (Lipinski definition) is 0. The lowest BCUT2D eigenvalue weighted by Gasteiger charge is -2.32. The molecule has 3 aromatic carbocycles. The van der Waals surface area contributed by atoms with Gasteiger partial charge in [-0.25, -0.2) is 0 Å². The summed E-state index contributed by atoms with van der Waals surface area (Å²) >= 11 is 0. The monoisotopic (exact) mass is 456 g/mol. The molecular weight excluding hydrogens is 432 g/mol. The average Bonchev–Trinajstić information content (AvgIpc) is 2.91. The summed E-state index contributed by atoms with van der Waals surface area (Å²) in [5.41, 5.74) is 8.66. The van der Waals surface area contributed by atoms with Gasteiger partial charge < -0.3 is 9.47 Å². The van der Waals surface area contributed by atoms with Gasteiger partial charge in [0.1, 0.15) is 0 Å². The van der Waals surface area contributed by atoms with E-state index in [9.17, 15) is 0 Å². The quantitative estimate of drug-likeness (QED) is 0.299. The summed E-state index contributed by atoms with van der Waals surface area (Å²) in [5, 5.41) is 0. The van der Waals surface area contributed by atoms with Crippen LogP contribution in [0, 0.1) is 13.8 Å². The number of fused-ring (bicyclic) bond motifs is 8. The number of para-hydroxylation sites is 1. The molecule has 0 N–H and O–H groups in total. The van der Waals surface area contributed by atoms with E-state index < -0.39 is 6.03 Å². The SMILES string of the molecule is Cc1cccc2c1OC1(Oc3c(C)cc(-c4ccccc4)cc3-c3cccc[n+]31)[n+]1ccccc1-2. The fraction of sp³-hybridized carbons (Fsp3) is 0.0968. The van der Waals surface area contributed by atoms with E-state index in [2.05, 4.69) is 102 Å². The Bertz CT molecular complexity index is 1630. The lowest BCUT2D eigenvalue weighted by atomic mass is 9.96. The zero-order valence-electron chi connectivity index (χ0n) is 19.6. The third kappa shape index (κ3) is 2.80. The summed E-state index contributed by atoms with van der Waals surface area (Å²) in [6.45, 7) is 4.19. The molecule has 1 atom stereocenters. The molecule has 2 aliphatic heterocycles. The van der Waals surface area contributed by atoms with Crippen LogP contribution < -0.4 is 18.6 Å². The number of benzene rings is 3. The highest BCUT2D eigenvalue weighted by Crippen LogP contribution is 2.44. The molecule has 0 amide bonds. The minimum atomic E-state index is -1.22. The molecular formula is C31H24N2O2+2. The molecule has 0 bridgehead atoms. The Kier molecular flexibility index (Phi) is 4.15. The molecule has 0 saturated carbocycles. The zero-order chi connectivity index (χ0) is 23.6. The van der Waals surface area contributed by atoms with Crippen LogP contribution >= 0.6 is 0 Å². The highest BCUT2D eigenvalue weighted by atomic mass is 16.7. The molecule has 2 aromatic heterocycles. The summed E-state index contributed by atoms with van der Waals surface area (Å²) in [5.74, 6) is 1.67. The van der Waals surface area contributed by atoms with Gasteiger partial charge in [0.05, 0.1) is 11.1 Å². The lowest BCUT2D eigenvalue weighted by molar-refractivity contribution is -1.06. The summed E-state index contributed by atoms with van der Waals surface area (Å²) in [4.78, 5) is 0. The number of ether oxygens (including phenoxy) is 2. The van der Waals surface area contributed by atoms with Crippen LogP contribution in [0.4, 0.5) is 0 Å². The first kappa shape index (κ1) is 20.0. The predicted molar refractivity (Wildman–Crippen MR) is 134 cm³/mol. The number of aromatic nitrogens is 2. The van der Waals surface area contributed by atoms with Gasteiger partial charge in [-0.1, -0.05) is 51.6 Å². The molecule has 0 saturated heterocycles. The molecule has 7 rings (SSSR count). The van der Waals surface area contributed by atoms with Crippen LogP contribution in [-0.2, 0) is 6.03 Å². The van der Waals surface area contributed by atoms with Gasteiger partial charge >= 0.3 is 6.03 Å². The largest absolute Gasteiger partial charge is 0.714 e. The Labute approximate surface area is 204 Å². The average molecular weight is 457 g/mol. The van der Waals surface area contributed by atoms with E-state index in [0.717, 1.165) is 50.7 Å². The van der Waals surface area contributed by atoms with Gasteiger partial charge in [-0.2, -0.15) is 0 Å². The van der Waals surface area contributed by atoms with E-state index in [1.54, 1.807) is 0 Å². The second-order valence-electron chi connectivity index (χ2n) is 9.15. The maximum absolute atomic E-state index is 6.95. The first-order valence-electron chi connectivity index (χ1n) is 11.9. The van der Waals surface area contributed by atoms with Crippen LogP contribution in [0.2, 0.25) is 0 Å². The normalized spacial score (nSPS) is 16.9. The van der Waals surface area contributed by atoms with Gasteiger partial charge in [-0.15, -0.1) is 0 Å². The summed E-state index contributed by atoms with van der Waals surface area (Å²) in [6.07, 6.45) is 4.07. The number of nitrogens with zero attached hydrogens (tertiary/aromatic N) is 2. The smallest absolute Gasteiger partial charge is 0.339 e. The maximum atomic E-state index is 6.95. The Hall–Kier alpha value is -4.44. The molecule has 168 valence electrons. The number of pyridine rings is 2. The van der Waals surface area contributed by atoms with Crippen LogP contribution in [0.15, 0.2) is 109 Å². The number of aryl methyl sites for hydroxylation is 2. The van der Waals surface area contributed by atoms with Crippen molar-refractivity contribution in [3.05, 3.63) is 121 Å². The second-order valence-corrected chi connectivity index (χ2v) is 9.15. The number of rotatable bonds is 1. The van der Waals surface area contributed by atoms with Crippen molar-refractivity contribution in [3.63, 3.8) is 0 Å². The van der Waals surface area contributed by atoms with Crippen LogP contribution in [0.5, 0.6) is 11.5 Å². The molecule has 0 aliphatic carbocycles. The minimum Gasteiger partial charge on any atom is -0.339 e. The van der Waals surface area contributed by atoms with Crippen molar-refractivity contribution in [2.24, 2.45) is 0 Å². The van der Waals surface area contributed by atoms with E-state index >= 15 is 0 Å². The van der Waals surface area contributed by atoms with Crippen LogP contribution in [-0.4, -0.2) is 0 Å². The lowest BCUT2D eigenvalue weighted by Crippen LogP contribution is -2.82. The molecule has 35 heavy (non-hydrogen) atoms. The zero-order valence-corrected chi connectivity index (χ0v) is 19.6. The van der Waals surface area contributed by atoms with Crippen molar-refractivity contribution < 1.29 is 18.6 Å². The topological polar surface area (TPSA) is 26.2 Å². The van der Waals surface area contributed by atoms with E-state index in [1.165, 1.54) is 5.56 Å². The van der Waals surface area contributed by atoms with Crippen molar-refractivity contribution in [2.75, 3.05) is 0 Å². The fourth-order valence-corrected chi connectivity index (χ4v) is 5.30. The maximum Gasteiger partial charge on any atom is 0.714 e.